The molecule has 0 aliphatic carbocycles. The van der Waals surface area contributed by atoms with Crippen LogP contribution < -0.4 is 5.32 Å². The predicted octanol–water partition coefficient (Wildman–Crippen LogP) is 4.17. The van der Waals surface area contributed by atoms with Crippen LogP contribution >= 0.6 is 0 Å². The van der Waals surface area contributed by atoms with Crippen molar-refractivity contribution in [3.8, 4) is 16.9 Å². The van der Waals surface area contributed by atoms with Crippen LogP contribution in [0.2, 0.25) is 0 Å². The van der Waals surface area contributed by atoms with Gasteiger partial charge in [0.1, 0.15) is 17.5 Å². The third kappa shape index (κ3) is 3.84. The molecule has 0 saturated heterocycles. The van der Waals surface area contributed by atoms with Crippen molar-refractivity contribution in [1.82, 2.24) is 24.3 Å². The van der Waals surface area contributed by atoms with Crippen molar-refractivity contribution in [3.63, 3.8) is 0 Å². The summed E-state index contributed by atoms with van der Waals surface area (Å²) < 4.78 is 16.9. The minimum atomic E-state index is -0.408. The van der Waals surface area contributed by atoms with E-state index in [0.29, 0.717) is 17.2 Å². The second kappa shape index (κ2) is 7.79. The smallest absolute Gasteiger partial charge is 0.295 e. The average Bonchev–Trinajstić information content (AvgIpc) is 3.39. The molecule has 1 aliphatic rings. The lowest BCUT2D eigenvalue weighted by molar-refractivity contribution is 0.101. The summed E-state index contributed by atoms with van der Waals surface area (Å²) in [7, 11) is 0. The molecule has 156 valence electrons. The molecule has 1 amide bonds. The number of anilines is 1. The van der Waals surface area contributed by atoms with Gasteiger partial charge in [-0.2, -0.15) is 0 Å². The number of benzene rings is 2. The molecule has 0 atom stereocenters. The van der Waals surface area contributed by atoms with E-state index in [9.17, 15) is 9.18 Å². The molecule has 0 spiro atoms. The van der Waals surface area contributed by atoms with Crippen molar-refractivity contribution in [2.24, 2.45) is 0 Å². The van der Waals surface area contributed by atoms with Crippen LogP contribution in [0.5, 0.6) is 0 Å². The molecule has 8 heteroatoms. The zero-order chi connectivity index (χ0) is 21.4. The molecule has 0 unspecified atom stereocenters. The number of hydrogen-bond donors (Lipinski definition) is 1. The molecule has 4 aromatic rings. The quantitative estimate of drug-likeness (QED) is 0.542. The Morgan fingerprint density at radius 3 is 2.55 bits per heavy atom. The SMILES string of the molecule is Cc1nc(C(=O)Nc2ccc(-c3cn4c(n3)CCCC4)cc2)nn1-c1ccc(F)cc1. The van der Waals surface area contributed by atoms with Crippen LogP contribution in [0.4, 0.5) is 10.1 Å². The van der Waals surface area contributed by atoms with Gasteiger partial charge < -0.3 is 9.88 Å². The Hall–Kier alpha value is -3.81. The largest absolute Gasteiger partial charge is 0.334 e. The second-order valence-electron chi connectivity index (χ2n) is 7.60. The summed E-state index contributed by atoms with van der Waals surface area (Å²) in [4.78, 5) is 21.6. The summed E-state index contributed by atoms with van der Waals surface area (Å²) in [5.74, 6) is 0.980. The third-order valence-electron chi connectivity index (χ3n) is 5.39. The Balaban J connectivity index is 1.31. The van der Waals surface area contributed by atoms with Gasteiger partial charge in [0.05, 0.1) is 11.4 Å². The number of carbonyl (C=O) groups excluding carboxylic acids is 1. The summed E-state index contributed by atoms with van der Waals surface area (Å²) in [6.45, 7) is 2.76. The number of nitrogens with zero attached hydrogens (tertiary/aromatic N) is 5. The minimum absolute atomic E-state index is 0.0488. The van der Waals surface area contributed by atoms with Crippen LogP contribution in [0.3, 0.4) is 0 Å². The van der Waals surface area contributed by atoms with E-state index in [-0.39, 0.29) is 11.6 Å². The van der Waals surface area contributed by atoms with Gasteiger partial charge in [0.25, 0.3) is 5.91 Å². The van der Waals surface area contributed by atoms with Crippen LogP contribution in [-0.2, 0) is 13.0 Å². The third-order valence-corrected chi connectivity index (χ3v) is 5.39. The van der Waals surface area contributed by atoms with Gasteiger partial charge in [0, 0.05) is 30.4 Å². The zero-order valence-electron chi connectivity index (χ0n) is 17.0. The monoisotopic (exact) mass is 416 g/mol. The average molecular weight is 416 g/mol. The van der Waals surface area contributed by atoms with Gasteiger partial charge in [-0.3, -0.25) is 4.79 Å². The lowest BCUT2D eigenvalue weighted by atomic mass is 10.1. The Morgan fingerprint density at radius 1 is 1.03 bits per heavy atom. The molecule has 5 rings (SSSR count). The van der Waals surface area contributed by atoms with Gasteiger partial charge in [-0.15, -0.1) is 5.10 Å². The Bertz CT molecular complexity index is 1220. The molecular formula is C23H21FN6O. The molecule has 2 aromatic carbocycles. The molecule has 7 nitrogen and oxygen atoms in total. The number of halogens is 1. The minimum Gasteiger partial charge on any atom is -0.334 e. The number of carbonyl (C=O) groups is 1. The van der Waals surface area contributed by atoms with Crippen LogP contribution in [0.1, 0.15) is 35.1 Å². The number of amides is 1. The Morgan fingerprint density at radius 2 is 1.81 bits per heavy atom. The highest BCUT2D eigenvalue weighted by Gasteiger charge is 2.16. The van der Waals surface area contributed by atoms with Crippen LogP contribution in [-0.4, -0.2) is 30.2 Å². The van der Waals surface area contributed by atoms with E-state index in [1.54, 1.807) is 19.1 Å². The van der Waals surface area contributed by atoms with E-state index in [2.05, 4.69) is 26.2 Å². The molecule has 0 radical (unpaired) electrons. The standard InChI is InChI=1S/C23H21FN6O/c1-15-25-22(28-30(15)19-11-7-17(24)8-12-19)23(31)26-18-9-5-16(6-10-18)20-14-29-13-3-2-4-21(29)27-20/h5-12,14H,2-4,13H2,1H3,(H,26,31). The molecular weight excluding hydrogens is 395 g/mol. The number of hydrogen-bond acceptors (Lipinski definition) is 4. The predicted molar refractivity (Wildman–Crippen MR) is 115 cm³/mol. The highest BCUT2D eigenvalue weighted by atomic mass is 19.1. The molecule has 0 fully saturated rings. The molecule has 1 aliphatic heterocycles. The summed E-state index contributed by atoms with van der Waals surface area (Å²) in [6.07, 6.45) is 5.49. The number of aromatic nitrogens is 5. The lowest BCUT2D eigenvalue weighted by Gasteiger charge is -2.11. The van der Waals surface area contributed by atoms with Gasteiger partial charge in [-0.25, -0.2) is 19.0 Å². The Labute approximate surface area is 178 Å². The molecule has 1 N–H and O–H groups in total. The summed E-state index contributed by atoms with van der Waals surface area (Å²) in [5, 5.41) is 7.09. The number of nitrogens with one attached hydrogen (secondary N) is 1. The van der Waals surface area contributed by atoms with Crippen molar-refractivity contribution < 1.29 is 9.18 Å². The fourth-order valence-electron chi connectivity index (χ4n) is 3.78. The van der Waals surface area contributed by atoms with Gasteiger partial charge in [-0.05, 0) is 56.2 Å². The van der Waals surface area contributed by atoms with Crippen LogP contribution in [0.15, 0.2) is 54.7 Å². The maximum Gasteiger partial charge on any atom is 0.295 e. The van der Waals surface area contributed by atoms with Gasteiger partial charge in [0.15, 0.2) is 0 Å². The first-order valence-corrected chi connectivity index (χ1v) is 10.2. The van der Waals surface area contributed by atoms with E-state index in [1.807, 2.05) is 24.3 Å². The van der Waals surface area contributed by atoms with E-state index >= 15 is 0 Å². The van der Waals surface area contributed by atoms with Crippen molar-refractivity contribution in [2.75, 3.05) is 5.32 Å². The first-order chi connectivity index (χ1) is 15.1. The van der Waals surface area contributed by atoms with E-state index in [1.165, 1.54) is 29.7 Å². The normalized spacial score (nSPS) is 13.1. The highest BCUT2D eigenvalue weighted by Crippen LogP contribution is 2.24. The first kappa shape index (κ1) is 19.2. The molecule has 0 saturated carbocycles. The summed E-state index contributed by atoms with van der Waals surface area (Å²) >= 11 is 0. The molecule has 31 heavy (non-hydrogen) atoms. The van der Waals surface area contributed by atoms with Gasteiger partial charge >= 0.3 is 0 Å². The van der Waals surface area contributed by atoms with Crippen molar-refractivity contribution >= 4 is 11.6 Å². The topological polar surface area (TPSA) is 77.6 Å². The fraction of sp³-hybridized carbons (Fsp3) is 0.217. The van der Waals surface area contributed by atoms with Gasteiger partial charge in [-0.1, -0.05) is 12.1 Å². The van der Waals surface area contributed by atoms with Crippen LogP contribution in [0.25, 0.3) is 16.9 Å². The second-order valence-corrected chi connectivity index (χ2v) is 7.60. The van der Waals surface area contributed by atoms with E-state index in [4.69, 9.17) is 4.98 Å². The number of rotatable bonds is 4. The van der Waals surface area contributed by atoms with Crippen molar-refractivity contribution in [3.05, 3.63) is 78.0 Å². The van der Waals surface area contributed by atoms with E-state index in [0.717, 1.165) is 30.0 Å². The fourth-order valence-corrected chi connectivity index (χ4v) is 3.78. The number of imidazole rings is 1. The van der Waals surface area contributed by atoms with Gasteiger partial charge in [0.2, 0.25) is 5.82 Å². The number of aryl methyl sites for hydroxylation is 3. The molecule has 3 heterocycles. The maximum absolute atomic E-state index is 13.2. The molecule has 2 aromatic heterocycles. The highest BCUT2D eigenvalue weighted by molar-refractivity contribution is 6.01. The molecule has 0 bridgehead atoms. The Kier molecular flexibility index (Phi) is 4.82. The summed E-state index contributed by atoms with van der Waals surface area (Å²) in [6, 6.07) is 13.4. The zero-order valence-corrected chi connectivity index (χ0v) is 17.0. The van der Waals surface area contributed by atoms with Crippen molar-refractivity contribution in [1.29, 1.82) is 0 Å². The van der Waals surface area contributed by atoms with E-state index < -0.39 is 5.91 Å². The summed E-state index contributed by atoms with van der Waals surface area (Å²) in [5.41, 5.74) is 3.24. The van der Waals surface area contributed by atoms with Crippen molar-refractivity contribution in [2.45, 2.75) is 32.7 Å². The van der Waals surface area contributed by atoms with Crippen LogP contribution in [0, 0.1) is 12.7 Å². The lowest BCUT2D eigenvalue weighted by Crippen LogP contribution is -2.14. The first-order valence-electron chi connectivity index (χ1n) is 10.2. The number of fused-ring (bicyclic) bond motifs is 1. The maximum atomic E-state index is 13.2.